The number of nitrogens with zero attached hydrogens (tertiary/aromatic N) is 3. The van der Waals surface area contributed by atoms with Crippen LogP contribution in [0, 0.1) is 0 Å². The van der Waals surface area contributed by atoms with E-state index >= 15 is 0 Å². The van der Waals surface area contributed by atoms with Crippen LogP contribution in [0.1, 0.15) is 40.3 Å². The van der Waals surface area contributed by atoms with Crippen molar-refractivity contribution >= 4 is 17.2 Å². The van der Waals surface area contributed by atoms with Gasteiger partial charge >= 0.3 is 0 Å². The number of thiazole rings is 1. The largest absolute Gasteiger partial charge is 0.343 e. The minimum absolute atomic E-state index is 0.0652. The summed E-state index contributed by atoms with van der Waals surface area (Å²) in [6.07, 6.45) is 4.45. The summed E-state index contributed by atoms with van der Waals surface area (Å²) in [7, 11) is 4.07. The van der Waals surface area contributed by atoms with E-state index in [1.54, 1.807) is 17.5 Å². The second kappa shape index (κ2) is 8.88. The maximum atomic E-state index is 12.7. The molecule has 0 aliphatic heterocycles. The van der Waals surface area contributed by atoms with Crippen molar-refractivity contribution in [3.05, 3.63) is 70.3 Å². The fraction of sp³-hybridized carbons (Fsp3) is 0.286. The summed E-state index contributed by atoms with van der Waals surface area (Å²) in [4.78, 5) is 23.7. The zero-order valence-electron chi connectivity index (χ0n) is 15.8. The van der Waals surface area contributed by atoms with Crippen molar-refractivity contribution in [3.63, 3.8) is 0 Å². The lowest BCUT2D eigenvalue weighted by Gasteiger charge is -2.15. The standard InChI is InChI=1S/C21H24N4OS/c1-4-18(21-22-10-11-27-21)24-20(26)17-7-5-6-16(12-17)19-9-8-15(13-23-19)14-25(2)3/h5-13,18H,4,14H2,1-3H3,(H,24,26)/t18-/m0/s1. The lowest BCUT2D eigenvalue weighted by atomic mass is 10.1. The summed E-state index contributed by atoms with van der Waals surface area (Å²) >= 11 is 1.56. The van der Waals surface area contributed by atoms with Crippen LogP contribution < -0.4 is 5.32 Å². The first-order chi connectivity index (χ1) is 13.1. The van der Waals surface area contributed by atoms with Gasteiger partial charge in [-0.2, -0.15) is 0 Å². The fourth-order valence-electron chi connectivity index (χ4n) is 2.86. The quantitative estimate of drug-likeness (QED) is 0.669. The highest BCUT2D eigenvalue weighted by molar-refractivity contribution is 7.09. The number of rotatable bonds is 7. The molecule has 0 saturated carbocycles. The van der Waals surface area contributed by atoms with E-state index in [4.69, 9.17) is 0 Å². The van der Waals surface area contributed by atoms with Crippen LogP contribution in [0.5, 0.6) is 0 Å². The number of hydrogen-bond acceptors (Lipinski definition) is 5. The van der Waals surface area contributed by atoms with E-state index in [0.717, 1.165) is 34.8 Å². The summed E-state index contributed by atoms with van der Waals surface area (Å²) in [5.74, 6) is -0.0943. The van der Waals surface area contributed by atoms with E-state index in [1.165, 1.54) is 0 Å². The number of carbonyl (C=O) groups is 1. The molecular formula is C21H24N4OS. The zero-order valence-corrected chi connectivity index (χ0v) is 16.7. The molecule has 2 heterocycles. The number of nitrogens with one attached hydrogen (secondary N) is 1. The van der Waals surface area contributed by atoms with Gasteiger partial charge in [-0.25, -0.2) is 4.98 Å². The molecule has 3 rings (SSSR count). The first kappa shape index (κ1) is 19.2. The van der Waals surface area contributed by atoms with Gasteiger partial charge in [0.1, 0.15) is 5.01 Å². The normalized spacial score (nSPS) is 12.1. The summed E-state index contributed by atoms with van der Waals surface area (Å²) in [6.45, 7) is 2.90. The average Bonchev–Trinajstić information content (AvgIpc) is 3.21. The number of benzene rings is 1. The lowest BCUT2D eigenvalue weighted by Crippen LogP contribution is -2.28. The maximum Gasteiger partial charge on any atom is 0.251 e. The smallest absolute Gasteiger partial charge is 0.251 e. The van der Waals surface area contributed by atoms with Crippen molar-refractivity contribution in [1.82, 2.24) is 20.2 Å². The third kappa shape index (κ3) is 4.99. The van der Waals surface area contributed by atoms with E-state index < -0.39 is 0 Å². The third-order valence-corrected chi connectivity index (χ3v) is 5.10. The minimum Gasteiger partial charge on any atom is -0.343 e. The van der Waals surface area contributed by atoms with Gasteiger partial charge in [0.2, 0.25) is 0 Å². The van der Waals surface area contributed by atoms with Gasteiger partial charge < -0.3 is 10.2 Å². The number of hydrogen-bond donors (Lipinski definition) is 1. The monoisotopic (exact) mass is 380 g/mol. The molecular weight excluding hydrogens is 356 g/mol. The van der Waals surface area contributed by atoms with Crippen LogP contribution in [0.3, 0.4) is 0 Å². The molecule has 1 N–H and O–H groups in total. The van der Waals surface area contributed by atoms with Gasteiger partial charge in [0, 0.05) is 35.4 Å². The van der Waals surface area contributed by atoms with E-state index in [-0.39, 0.29) is 11.9 Å². The Morgan fingerprint density at radius 3 is 2.70 bits per heavy atom. The van der Waals surface area contributed by atoms with Gasteiger partial charge in [0.05, 0.1) is 11.7 Å². The summed E-state index contributed by atoms with van der Waals surface area (Å²) in [5.41, 5.74) is 3.58. The minimum atomic E-state index is -0.0943. The maximum absolute atomic E-state index is 12.7. The topological polar surface area (TPSA) is 58.1 Å². The Bertz CT molecular complexity index is 875. The summed E-state index contributed by atoms with van der Waals surface area (Å²) in [6, 6.07) is 11.6. The highest BCUT2D eigenvalue weighted by atomic mass is 32.1. The molecule has 5 nitrogen and oxygen atoms in total. The van der Waals surface area contributed by atoms with Crippen molar-refractivity contribution in [1.29, 1.82) is 0 Å². The van der Waals surface area contributed by atoms with Gasteiger partial charge in [0.25, 0.3) is 5.91 Å². The van der Waals surface area contributed by atoms with Crippen LogP contribution in [0.2, 0.25) is 0 Å². The molecule has 27 heavy (non-hydrogen) atoms. The second-order valence-corrected chi connectivity index (χ2v) is 7.60. The molecule has 1 aromatic carbocycles. The van der Waals surface area contributed by atoms with Crippen molar-refractivity contribution in [2.24, 2.45) is 0 Å². The molecule has 6 heteroatoms. The Morgan fingerprint density at radius 2 is 2.07 bits per heavy atom. The number of carbonyl (C=O) groups excluding carboxylic acids is 1. The Balaban J connectivity index is 1.75. The Morgan fingerprint density at radius 1 is 1.22 bits per heavy atom. The Labute approximate surface area is 164 Å². The first-order valence-corrected chi connectivity index (χ1v) is 9.85. The van der Waals surface area contributed by atoms with Crippen LogP contribution in [0.15, 0.2) is 54.2 Å². The molecule has 0 fully saturated rings. The van der Waals surface area contributed by atoms with Crippen LogP contribution in [0.25, 0.3) is 11.3 Å². The molecule has 0 unspecified atom stereocenters. The van der Waals surface area contributed by atoms with Gasteiger partial charge in [-0.3, -0.25) is 9.78 Å². The molecule has 0 bridgehead atoms. The molecule has 0 spiro atoms. The predicted octanol–water partition coefficient (Wildman–Crippen LogP) is 4.15. The van der Waals surface area contributed by atoms with Gasteiger partial charge in [-0.05, 0) is 44.3 Å². The van der Waals surface area contributed by atoms with Gasteiger partial charge in [-0.15, -0.1) is 11.3 Å². The lowest BCUT2D eigenvalue weighted by molar-refractivity contribution is 0.0935. The van der Waals surface area contributed by atoms with E-state index in [1.807, 2.05) is 62.9 Å². The van der Waals surface area contributed by atoms with Crippen molar-refractivity contribution < 1.29 is 4.79 Å². The van der Waals surface area contributed by atoms with Gasteiger partial charge in [-0.1, -0.05) is 25.1 Å². The summed E-state index contributed by atoms with van der Waals surface area (Å²) < 4.78 is 0. The molecule has 140 valence electrons. The second-order valence-electron chi connectivity index (χ2n) is 6.67. The average molecular weight is 381 g/mol. The molecule has 1 amide bonds. The van der Waals surface area contributed by atoms with Crippen LogP contribution in [-0.4, -0.2) is 34.9 Å². The fourth-order valence-corrected chi connectivity index (χ4v) is 3.63. The SMILES string of the molecule is CC[C@H](NC(=O)c1cccc(-c2ccc(CN(C)C)cn2)c1)c1nccs1. The van der Waals surface area contributed by atoms with Crippen LogP contribution >= 0.6 is 11.3 Å². The third-order valence-electron chi connectivity index (χ3n) is 4.21. The highest BCUT2D eigenvalue weighted by Crippen LogP contribution is 2.22. The molecule has 3 aromatic rings. The molecule has 0 saturated heterocycles. The van der Waals surface area contributed by atoms with Crippen molar-refractivity contribution in [2.45, 2.75) is 25.9 Å². The molecule has 0 radical (unpaired) electrons. The zero-order chi connectivity index (χ0) is 19.2. The molecule has 2 aromatic heterocycles. The molecule has 0 aliphatic rings. The number of aromatic nitrogens is 2. The number of pyridine rings is 1. The van der Waals surface area contributed by atoms with Crippen LogP contribution in [0.4, 0.5) is 0 Å². The molecule has 0 aliphatic carbocycles. The Hall–Kier alpha value is -2.57. The van der Waals surface area contributed by atoms with Gasteiger partial charge in [0.15, 0.2) is 0 Å². The van der Waals surface area contributed by atoms with E-state index in [9.17, 15) is 4.79 Å². The highest BCUT2D eigenvalue weighted by Gasteiger charge is 2.16. The Kier molecular flexibility index (Phi) is 6.32. The van der Waals surface area contributed by atoms with E-state index in [2.05, 4.69) is 26.3 Å². The van der Waals surface area contributed by atoms with Crippen molar-refractivity contribution in [3.8, 4) is 11.3 Å². The molecule has 1 atom stereocenters. The first-order valence-electron chi connectivity index (χ1n) is 8.97. The number of amides is 1. The predicted molar refractivity (Wildman–Crippen MR) is 110 cm³/mol. The van der Waals surface area contributed by atoms with Crippen LogP contribution in [-0.2, 0) is 6.54 Å². The van der Waals surface area contributed by atoms with E-state index in [0.29, 0.717) is 5.56 Å². The van der Waals surface area contributed by atoms with Crippen molar-refractivity contribution in [2.75, 3.05) is 14.1 Å². The summed E-state index contributed by atoms with van der Waals surface area (Å²) in [5, 5.41) is 5.94.